The average molecular weight is 235 g/mol. The Kier molecular flexibility index (Phi) is 3.95. The monoisotopic (exact) mass is 235 g/mol. The predicted octanol–water partition coefficient (Wildman–Crippen LogP) is -0.506. The average Bonchev–Trinajstić information content (AvgIpc) is 2.01. The molecular weight excluding hydrogens is 230 g/mol. The van der Waals surface area contributed by atoms with Gasteiger partial charge in [0.15, 0.2) is 0 Å². The molecule has 0 amide bonds. The van der Waals surface area contributed by atoms with Crippen molar-refractivity contribution in [2.24, 2.45) is 0 Å². The summed E-state index contributed by atoms with van der Waals surface area (Å²) in [6, 6.07) is 4.22. The topological polar surface area (TPSA) is 117 Å². The molecule has 1 aromatic rings. The summed E-state index contributed by atoms with van der Waals surface area (Å²) in [4.78, 5) is 3.64. The van der Waals surface area contributed by atoms with E-state index in [2.05, 4.69) is 4.98 Å². The zero-order valence-electron chi connectivity index (χ0n) is 6.63. The van der Waals surface area contributed by atoms with E-state index >= 15 is 0 Å². The summed E-state index contributed by atoms with van der Waals surface area (Å²) in [5, 5.41) is 0. The molecule has 2 N–H and O–H groups in total. The molecule has 0 saturated carbocycles. The van der Waals surface area contributed by atoms with Gasteiger partial charge in [-0.2, -0.15) is 0 Å². The second-order valence-corrected chi connectivity index (χ2v) is 3.43. The van der Waals surface area contributed by atoms with Gasteiger partial charge >= 0.3 is 0 Å². The van der Waals surface area contributed by atoms with E-state index in [-0.39, 0.29) is 11.6 Å². The van der Waals surface area contributed by atoms with E-state index < -0.39 is 22.5 Å². The number of nitrogens with one attached hydrogen (secondary N) is 2. The molecule has 0 radical (unpaired) electrons. The van der Waals surface area contributed by atoms with Gasteiger partial charge < -0.3 is 18.5 Å². The second kappa shape index (κ2) is 5.00. The molecule has 0 aliphatic carbocycles. The lowest BCUT2D eigenvalue weighted by Crippen LogP contribution is -2.07. The van der Waals surface area contributed by atoms with E-state index in [1.54, 1.807) is 0 Å². The third-order valence-electron chi connectivity index (χ3n) is 1.12. The largest absolute Gasteiger partial charge is 0.755 e. The third-order valence-corrected chi connectivity index (χ3v) is 1.88. The van der Waals surface area contributed by atoms with Gasteiger partial charge in [0.25, 0.3) is 0 Å². The fraction of sp³-hybridized carbons (Fsp3) is 0. The van der Waals surface area contributed by atoms with Crippen LogP contribution in [0.5, 0.6) is 0 Å². The van der Waals surface area contributed by atoms with Crippen LogP contribution in [0.3, 0.4) is 0 Å². The van der Waals surface area contributed by atoms with Crippen molar-refractivity contribution in [3.63, 3.8) is 0 Å². The molecule has 7 nitrogen and oxygen atoms in total. The number of hydrogen-bond donors (Lipinski definition) is 2. The Balaban J connectivity index is 2.78. The molecule has 0 saturated heterocycles. The SMILES string of the molecule is O=S([O-])Nc1cccc(NS(=O)[O-])n1. The first-order valence-corrected chi connectivity index (χ1v) is 5.42. The van der Waals surface area contributed by atoms with Gasteiger partial charge in [-0.1, -0.05) is 6.07 Å². The van der Waals surface area contributed by atoms with Crippen LogP contribution in [-0.2, 0) is 22.5 Å². The van der Waals surface area contributed by atoms with Crippen molar-refractivity contribution in [1.29, 1.82) is 0 Å². The van der Waals surface area contributed by atoms with Crippen LogP contribution < -0.4 is 9.44 Å². The van der Waals surface area contributed by atoms with E-state index in [0.717, 1.165) is 0 Å². The summed E-state index contributed by atoms with van der Waals surface area (Å²) in [6.45, 7) is 0. The van der Waals surface area contributed by atoms with Crippen LogP contribution in [0.15, 0.2) is 18.2 Å². The molecule has 0 aliphatic rings. The fourth-order valence-electron chi connectivity index (χ4n) is 0.719. The molecule has 0 aliphatic heterocycles. The molecule has 0 aromatic carbocycles. The van der Waals surface area contributed by atoms with Gasteiger partial charge in [0.2, 0.25) is 0 Å². The molecule has 2 unspecified atom stereocenters. The smallest absolute Gasteiger partial charge is 0.139 e. The van der Waals surface area contributed by atoms with E-state index in [1.165, 1.54) is 18.2 Å². The highest BCUT2D eigenvalue weighted by atomic mass is 32.2. The molecule has 0 bridgehead atoms. The van der Waals surface area contributed by atoms with Crippen molar-refractivity contribution in [2.75, 3.05) is 9.44 Å². The van der Waals surface area contributed by atoms with Crippen molar-refractivity contribution in [2.45, 2.75) is 0 Å². The summed E-state index contributed by atoms with van der Waals surface area (Å²) in [5.74, 6) is 0.0718. The minimum atomic E-state index is -2.48. The van der Waals surface area contributed by atoms with Gasteiger partial charge in [-0.05, 0) is 12.1 Å². The minimum absolute atomic E-state index is 0.0359. The number of aromatic nitrogens is 1. The molecule has 0 spiro atoms. The van der Waals surface area contributed by atoms with E-state index in [9.17, 15) is 17.5 Å². The molecular formula is C5H5N3O4S2-2. The van der Waals surface area contributed by atoms with Crippen LogP contribution in [0, 0.1) is 0 Å². The van der Waals surface area contributed by atoms with E-state index in [1.807, 2.05) is 9.44 Å². The molecule has 2 atom stereocenters. The maximum absolute atomic E-state index is 10.2. The third kappa shape index (κ3) is 3.79. The van der Waals surface area contributed by atoms with Gasteiger partial charge in [-0.15, -0.1) is 0 Å². The zero-order valence-corrected chi connectivity index (χ0v) is 8.26. The van der Waals surface area contributed by atoms with Crippen LogP contribution in [0.2, 0.25) is 0 Å². The number of pyridine rings is 1. The van der Waals surface area contributed by atoms with Crippen molar-refractivity contribution in [1.82, 2.24) is 4.98 Å². The standard InChI is InChI=1S/C5H7N3O4S2/c9-13(10)7-4-2-1-3-5(6-4)8-14(11)12/h1-3H,(H,9,10)(H,11,12)(H2,6,7,8)/p-2. The Bertz CT molecular complexity index is 340. The lowest BCUT2D eigenvalue weighted by atomic mass is 10.4. The molecule has 1 heterocycles. The lowest BCUT2D eigenvalue weighted by Gasteiger charge is -2.10. The van der Waals surface area contributed by atoms with Crippen LogP contribution in [0.1, 0.15) is 0 Å². The van der Waals surface area contributed by atoms with Crippen LogP contribution in [-0.4, -0.2) is 22.5 Å². The van der Waals surface area contributed by atoms with Gasteiger partial charge in [0.05, 0.1) is 0 Å². The van der Waals surface area contributed by atoms with Crippen LogP contribution in [0.4, 0.5) is 11.6 Å². The van der Waals surface area contributed by atoms with Crippen LogP contribution >= 0.6 is 0 Å². The highest BCUT2D eigenvalue weighted by Gasteiger charge is 1.95. The van der Waals surface area contributed by atoms with E-state index in [0.29, 0.717) is 0 Å². The summed E-state index contributed by atoms with van der Waals surface area (Å²) in [7, 11) is 0. The quantitative estimate of drug-likeness (QED) is 0.682. The van der Waals surface area contributed by atoms with Crippen LogP contribution in [0.25, 0.3) is 0 Å². The maximum atomic E-state index is 10.2. The lowest BCUT2D eigenvalue weighted by molar-refractivity contribution is 0.541. The Morgan fingerprint density at radius 2 is 1.50 bits per heavy atom. The first-order chi connectivity index (χ1) is 6.58. The Hall–Kier alpha value is -1.03. The molecule has 0 fully saturated rings. The Morgan fingerprint density at radius 3 is 1.86 bits per heavy atom. The van der Waals surface area contributed by atoms with Gasteiger partial charge in [-0.3, -0.25) is 8.42 Å². The Labute approximate surface area is 84.8 Å². The second-order valence-electron chi connectivity index (χ2n) is 2.08. The molecule has 1 aromatic heterocycles. The summed E-state index contributed by atoms with van der Waals surface area (Å²) in [6.07, 6.45) is 0. The number of rotatable bonds is 4. The van der Waals surface area contributed by atoms with Gasteiger partial charge in [0.1, 0.15) is 11.6 Å². The molecule has 9 heteroatoms. The first kappa shape index (κ1) is 11.0. The van der Waals surface area contributed by atoms with Crippen molar-refractivity contribution in [3.05, 3.63) is 18.2 Å². The van der Waals surface area contributed by atoms with Crippen molar-refractivity contribution in [3.8, 4) is 0 Å². The highest BCUT2D eigenvalue weighted by molar-refractivity contribution is 7.80. The number of anilines is 2. The summed E-state index contributed by atoms with van der Waals surface area (Å²) < 4.78 is 44.8. The number of nitrogens with zero attached hydrogens (tertiary/aromatic N) is 1. The molecule has 14 heavy (non-hydrogen) atoms. The van der Waals surface area contributed by atoms with Gasteiger partial charge in [-0.25, -0.2) is 4.98 Å². The molecule has 1 rings (SSSR count). The summed E-state index contributed by atoms with van der Waals surface area (Å²) >= 11 is -4.96. The first-order valence-electron chi connectivity index (χ1n) is 3.27. The maximum Gasteiger partial charge on any atom is 0.139 e. The zero-order chi connectivity index (χ0) is 10.6. The number of hydrogen-bond acceptors (Lipinski definition) is 5. The van der Waals surface area contributed by atoms with Crippen molar-refractivity contribution >= 4 is 34.2 Å². The Morgan fingerprint density at radius 1 is 1.07 bits per heavy atom. The van der Waals surface area contributed by atoms with E-state index in [4.69, 9.17) is 0 Å². The van der Waals surface area contributed by atoms with Crippen molar-refractivity contribution < 1.29 is 17.5 Å². The molecule has 78 valence electrons. The summed E-state index contributed by atoms with van der Waals surface area (Å²) in [5.41, 5.74) is 0. The van der Waals surface area contributed by atoms with Gasteiger partial charge in [0, 0.05) is 22.5 Å². The normalized spacial score (nSPS) is 14.4. The predicted molar refractivity (Wildman–Crippen MR) is 49.3 cm³/mol. The highest BCUT2D eigenvalue weighted by Crippen LogP contribution is 2.09. The minimum Gasteiger partial charge on any atom is -0.755 e. The fourth-order valence-corrected chi connectivity index (χ4v) is 1.29.